The van der Waals surface area contributed by atoms with Crippen molar-refractivity contribution in [2.24, 2.45) is 0 Å². The van der Waals surface area contributed by atoms with Gasteiger partial charge in [-0.1, -0.05) is 6.07 Å². The molecule has 0 aliphatic rings. The number of aliphatic hydroxyl groups excluding tert-OH is 1. The van der Waals surface area contributed by atoms with E-state index < -0.39 is 6.10 Å². The van der Waals surface area contributed by atoms with E-state index in [-0.39, 0.29) is 5.76 Å². The van der Waals surface area contributed by atoms with Gasteiger partial charge in [0, 0.05) is 11.4 Å². The molecule has 2 heterocycles. The van der Waals surface area contributed by atoms with Gasteiger partial charge in [-0.15, -0.1) is 11.3 Å². The number of benzene rings is 1. The fourth-order valence-corrected chi connectivity index (χ4v) is 3.31. The van der Waals surface area contributed by atoms with Crippen LogP contribution in [0.3, 0.4) is 0 Å². The van der Waals surface area contributed by atoms with Crippen molar-refractivity contribution in [1.29, 1.82) is 0 Å². The molecular weight excluding hydrogens is 274 g/mol. The summed E-state index contributed by atoms with van der Waals surface area (Å²) in [5, 5.41) is 12.4. The van der Waals surface area contributed by atoms with Crippen LogP contribution in [0.15, 0.2) is 38.9 Å². The average Bonchev–Trinajstić information content (AvgIpc) is 2.99. The first-order valence-corrected chi connectivity index (χ1v) is 7.35. The van der Waals surface area contributed by atoms with Crippen LogP contribution < -0.4 is 5.76 Å². The predicted octanol–water partition coefficient (Wildman–Crippen LogP) is 3.07. The summed E-state index contributed by atoms with van der Waals surface area (Å²) in [6.07, 6.45) is -0.685. The van der Waals surface area contributed by atoms with E-state index >= 15 is 0 Å². The molecule has 2 aromatic heterocycles. The fourth-order valence-electron chi connectivity index (χ4n) is 2.37. The van der Waals surface area contributed by atoms with E-state index in [1.165, 1.54) is 11.3 Å². The Bertz CT molecular complexity index is 812. The molecule has 3 rings (SSSR count). The molecule has 0 saturated carbocycles. The maximum absolute atomic E-state index is 11.7. The number of thiophene rings is 1. The molecule has 0 bridgehead atoms. The maximum atomic E-state index is 11.7. The van der Waals surface area contributed by atoms with Crippen molar-refractivity contribution in [3.8, 4) is 0 Å². The highest BCUT2D eigenvalue weighted by molar-refractivity contribution is 7.10. The lowest BCUT2D eigenvalue weighted by Crippen LogP contribution is -2.11. The largest absolute Gasteiger partial charge is 0.419 e. The van der Waals surface area contributed by atoms with Gasteiger partial charge < -0.3 is 9.52 Å². The summed E-state index contributed by atoms with van der Waals surface area (Å²) >= 11 is 1.52. The van der Waals surface area contributed by atoms with E-state index in [1.54, 1.807) is 10.6 Å². The highest BCUT2D eigenvalue weighted by atomic mass is 32.1. The zero-order chi connectivity index (χ0) is 14.3. The van der Waals surface area contributed by atoms with Crippen molar-refractivity contribution in [3.05, 3.63) is 56.2 Å². The van der Waals surface area contributed by atoms with Crippen LogP contribution >= 0.6 is 11.3 Å². The first kappa shape index (κ1) is 13.1. The molecule has 1 atom stereocenters. The van der Waals surface area contributed by atoms with Gasteiger partial charge in [0.1, 0.15) is 6.10 Å². The molecule has 3 aromatic rings. The first-order valence-electron chi connectivity index (χ1n) is 6.47. The first-order chi connectivity index (χ1) is 9.61. The third kappa shape index (κ3) is 1.99. The lowest BCUT2D eigenvalue weighted by molar-refractivity contribution is 0.223. The van der Waals surface area contributed by atoms with Crippen LogP contribution in [-0.4, -0.2) is 9.67 Å². The van der Waals surface area contributed by atoms with Gasteiger partial charge in [0.15, 0.2) is 5.58 Å². The minimum Gasteiger partial charge on any atom is -0.408 e. The number of oxazole rings is 1. The Morgan fingerprint density at radius 3 is 2.85 bits per heavy atom. The van der Waals surface area contributed by atoms with Gasteiger partial charge in [0.25, 0.3) is 0 Å². The molecule has 0 saturated heterocycles. The summed E-state index contributed by atoms with van der Waals surface area (Å²) in [5.74, 6) is -0.360. The van der Waals surface area contributed by atoms with Crippen LogP contribution in [0.5, 0.6) is 0 Å². The number of fused-ring (bicyclic) bond motifs is 1. The van der Waals surface area contributed by atoms with E-state index in [0.29, 0.717) is 12.1 Å². The summed E-state index contributed by atoms with van der Waals surface area (Å²) in [4.78, 5) is 12.6. The van der Waals surface area contributed by atoms with Crippen molar-refractivity contribution in [2.75, 3.05) is 0 Å². The number of aliphatic hydroxyl groups is 1. The highest BCUT2D eigenvalue weighted by Gasteiger charge is 2.16. The van der Waals surface area contributed by atoms with Gasteiger partial charge in [-0.3, -0.25) is 4.57 Å². The Hall–Kier alpha value is -1.85. The molecule has 1 N–H and O–H groups in total. The Kier molecular flexibility index (Phi) is 3.23. The van der Waals surface area contributed by atoms with Crippen molar-refractivity contribution in [2.45, 2.75) is 26.5 Å². The molecule has 5 heteroatoms. The normalized spacial score (nSPS) is 12.9. The van der Waals surface area contributed by atoms with Gasteiger partial charge in [-0.05, 0) is 48.6 Å². The maximum Gasteiger partial charge on any atom is 0.419 e. The van der Waals surface area contributed by atoms with E-state index in [9.17, 15) is 9.90 Å². The number of hydrogen-bond acceptors (Lipinski definition) is 4. The number of aryl methyl sites for hydroxylation is 2. The molecule has 4 nitrogen and oxygen atoms in total. The van der Waals surface area contributed by atoms with Crippen LogP contribution in [0, 0.1) is 6.92 Å². The number of hydrogen-bond donors (Lipinski definition) is 1. The Morgan fingerprint density at radius 1 is 1.40 bits per heavy atom. The second-order valence-electron chi connectivity index (χ2n) is 4.71. The minimum absolute atomic E-state index is 0.360. The Morgan fingerprint density at radius 2 is 2.20 bits per heavy atom. The third-order valence-corrected chi connectivity index (χ3v) is 4.55. The van der Waals surface area contributed by atoms with Crippen LogP contribution in [0.25, 0.3) is 11.1 Å². The van der Waals surface area contributed by atoms with Crippen molar-refractivity contribution in [1.82, 2.24) is 4.57 Å². The van der Waals surface area contributed by atoms with Crippen molar-refractivity contribution < 1.29 is 9.52 Å². The summed E-state index contributed by atoms with van der Waals surface area (Å²) < 4.78 is 6.80. The van der Waals surface area contributed by atoms with Gasteiger partial charge in [0.2, 0.25) is 0 Å². The number of rotatable bonds is 3. The molecule has 20 heavy (non-hydrogen) atoms. The molecule has 1 aromatic carbocycles. The lowest BCUT2D eigenvalue weighted by atomic mass is 10.1. The standard InChI is InChI=1S/C15H15NO3S/c1-3-16-11-5-4-10(8-12(11)19-15(16)18)13(17)14-9(2)6-7-20-14/h4-8,13,17H,3H2,1-2H3. The van der Waals surface area contributed by atoms with Gasteiger partial charge in [0.05, 0.1) is 5.52 Å². The molecular formula is C15H15NO3S. The van der Waals surface area contributed by atoms with Crippen LogP contribution in [0.1, 0.15) is 29.0 Å². The summed E-state index contributed by atoms with van der Waals surface area (Å²) in [6.45, 7) is 4.44. The van der Waals surface area contributed by atoms with E-state index in [0.717, 1.165) is 21.5 Å². The van der Waals surface area contributed by atoms with Crippen LogP contribution in [0.2, 0.25) is 0 Å². The van der Waals surface area contributed by atoms with Crippen molar-refractivity contribution >= 4 is 22.4 Å². The van der Waals surface area contributed by atoms with Gasteiger partial charge in [-0.2, -0.15) is 0 Å². The molecule has 1 unspecified atom stereocenters. The third-order valence-electron chi connectivity index (χ3n) is 3.47. The molecule has 0 aliphatic heterocycles. The molecule has 0 fully saturated rings. The molecule has 0 aliphatic carbocycles. The van der Waals surface area contributed by atoms with Crippen LogP contribution in [-0.2, 0) is 6.54 Å². The van der Waals surface area contributed by atoms with Crippen LogP contribution in [0.4, 0.5) is 0 Å². The smallest absolute Gasteiger partial charge is 0.408 e. The van der Waals surface area contributed by atoms with E-state index in [4.69, 9.17) is 4.42 Å². The lowest BCUT2D eigenvalue weighted by Gasteiger charge is -2.10. The van der Waals surface area contributed by atoms with Gasteiger partial charge in [-0.25, -0.2) is 4.79 Å². The minimum atomic E-state index is -0.685. The summed E-state index contributed by atoms with van der Waals surface area (Å²) in [5.41, 5.74) is 3.08. The predicted molar refractivity (Wildman–Crippen MR) is 79.3 cm³/mol. The quantitative estimate of drug-likeness (QED) is 0.806. The van der Waals surface area contributed by atoms with Gasteiger partial charge >= 0.3 is 5.76 Å². The monoisotopic (exact) mass is 289 g/mol. The van der Waals surface area contributed by atoms with Crippen molar-refractivity contribution in [3.63, 3.8) is 0 Å². The molecule has 104 valence electrons. The fraction of sp³-hybridized carbons (Fsp3) is 0.267. The Balaban J connectivity index is 2.10. The molecule has 0 amide bonds. The zero-order valence-corrected chi connectivity index (χ0v) is 12.1. The molecule has 0 spiro atoms. The van der Waals surface area contributed by atoms with E-state index in [1.807, 2.05) is 37.4 Å². The number of nitrogens with zero attached hydrogens (tertiary/aromatic N) is 1. The second-order valence-corrected chi connectivity index (χ2v) is 5.66. The summed E-state index contributed by atoms with van der Waals surface area (Å²) in [6, 6.07) is 7.39. The summed E-state index contributed by atoms with van der Waals surface area (Å²) in [7, 11) is 0. The average molecular weight is 289 g/mol. The number of aromatic nitrogens is 1. The Labute approximate surface area is 119 Å². The zero-order valence-electron chi connectivity index (χ0n) is 11.3. The SMILES string of the molecule is CCn1c(=O)oc2cc(C(O)c3sccc3C)ccc21. The van der Waals surface area contributed by atoms with E-state index in [2.05, 4.69) is 0 Å². The topological polar surface area (TPSA) is 55.4 Å². The second kappa shape index (κ2) is 4.92. The molecule has 0 radical (unpaired) electrons. The highest BCUT2D eigenvalue weighted by Crippen LogP contribution is 2.30.